The maximum absolute atomic E-state index is 13.2. The number of rotatable bonds is 2. The third-order valence-corrected chi connectivity index (χ3v) is 5.93. The monoisotopic (exact) mass is 330 g/mol. The topological polar surface area (TPSA) is 63.4 Å². The van der Waals surface area contributed by atoms with E-state index in [0.717, 1.165) is 44.3 Å². The molecule has 0 aromatic heterocycles. The van der Waals surface area contributed by atoms with Crippen LogP contribution in [0.4, 0.5) is 5.69 Å². The zero-order valence-corrected chi connectivity index (χ0v) is 14.7. The van der Waals surface area contributed by atoms with Gasteiger partial charge in [0, 0.05) is 25.2 Å². The number of piperidine rings is 1. The molecule has 0 N–H and O–H groups in total. The highest BCUT2D eigenvalue weighted by Crippen LogP contribution is 2.48. The summed E-state index contributed by atoms with van der Waals surface area (Å²) in [4.78, 5) is 25.8. The van der Waals surface area contributed by atoms with Crippen LogP contribution in [0.1, 0.15) is 52.0 Å². The van der Waals surface area contributed by atoms with E-state index in [1.165, 1.54) is 12.1 Å². The van der Waals surface area contributed by atoms with E-state index in [2.05, 4.69) is 20.8 Å². The van der Waals surface area contributed by atoms with Gasteiger partial charge in [-0.3, -0.25) is 14.9 Å². The predicted octanol–water partition coefficient (Wildman–Crippen LogP) is 3.91. The minimum absolute atomic E-state index is 0.0799. The lowest BCUT2D eigenvalue weighted by Gasteiger charge is -2.42. The van der Waals surface area contributed by atoms with Crippen molar-refractivity contribution in [2.75, 3.05) is 13.1 Å². The molecule has 2 saturated heterocycles. The number of nitro groups is 1. The van der Waals surface area contributed by atoms with E-state index in [4.69, 9.17) is 0 Å². The molecule has 2 aliphatic rings. The molecule has 2 fully saturated rings. The van der Waals surface area contributed by atoms with E-state index in [1.54, 1.807) is 12.1 Å². The van der Waals surface area contributed by atoms with Crippen molar-refractivity contribution in [3.8, 4) is 0 Å². The summed E-state index contributed by atoms with van der Waals surface area (Å²) < 4.78 is 0. The average molecular weight is 330 g/mol. The van der Waals surface area contributed by atoms with Gasteiger partial charge in [-0.25, -0.2) is 0 Å². The van der Waals surface area contributed by atoms with Gasteiger partial charge in [0.05, 0.1) is 10.3 Å². The number of nitro benzene ring substituents is 1. The lowest BCUT2D eigenvalue weighted by atomic mass is 9.64. The predicted molar refractivity (Wildman–Crippen MR) is 92.8 cm³/mol. The van der Waals surface area contributed by atoms with Gasteiger partial charge in [-0.05, 0) is 42.6 Å². The quantitative estimate of drug-likeness (QED) is 0.610. The first-order valence-electron chi connectivity index (χ1n) is 8.78. The molecular formula is C19H26N2O3. The number of benzene rings is 1. The molecule has 3 rings (SSSR count). The fourth-order valence-electron chi connectivity index (χ4n) is 4.35. The smallest absolute Gasteiger partial charge is 0.269 e. The van der Waals surface area contributed by atoms with Crippen LogP contribution in [0.3, 0.4) is 0 Å². The van der Waals surface area contributed by atoms with Gasteiger partial charge < -0.3 is 4.90 Å². The highest BCUT2D eigenvalue weighted by Gasteiger charge is 2.50. The van der Waals surface area contributed by atoms with Gasteiger partial charge in [-0.2, -0.15) is 0 Å². The molecule has 0 radical (unpaired) electrons. The fraction of sp³-hybridized carbons (Fsp3) is 0.632. The van der Waals surface area contributed by atoms with Crippen molar-refractivity contribution in [1.29, 1.82) is 0 Å². The van der Waals surface area contributed by atoms with Crippen LogP contribution in [0.15, 0.2) is 24.3 Å². The number of hydrogen-bond acceptors (Lipinski definition) is 3. The Morgan fingerprint density at radius 1 is 1.21 bits per heavy atom. The average Bonchev–Trinajstić information content (AvgIpc) is 2.60. The van der Waals surface area contributed by atoms with Crippen LogP contribution in [0.25, 0.3) is 0 Å². The van der Waals surface area contributed by atoms with E-state index in [9.17, 15) is 14.9 Å². The molecule has 0 spiro atoms. The molecule has 5 nitrogen and oxygen atoms in total. The third-order valence-electron chi connectivity index (χ3n) is 5.93. The first-order chi connectivity index (χ1) is 11.2. The number of carbonyl (C=O) groups is 1. The second-order valence-corrected chi connectivity index (χ2v) is 8.34. The first-order valence-corrected chi connectivity index (χ1v) is 8.78. The molecule has 2 heterocycles. The van der Waals surface area contributed by atoms with Crippen molar-refractivity contribution in [3.05, 3.63) is 39.9 Å². The summed E-state index contributed by atoms with van der Waals surface area (Å²) in [5.74, 6) is 0.675. The Kier molecular flexibility index (Phi) is 4.14. The molecule has 5 heteroatoms. The van der Waals surface area contributed by atoms with Gasteiger partial charge in [-0.1, -0.05) is 32.9 Å². The van der Waals surface area contributed by atoms with Crippen LogP contribution in [-0.2, 0) is 10.2 Å². The van der Waals surface area contributed by atoms with E-state index < -0.39 is 5.41 Å². The van der Waals surface area contributed by atoms with Crippen molar-refractivity contribution in [3.63, 3.8) is 0 Å². The van der Waals surface area contributed by atoms with Crippen LogP contribution in [0, 0.1) is 21.4 Å². The molecule has 2 aliphatic heterocycles. The van der Waals surface area contributed by atoms with E-state index in [0.29, 0.717) is 5.92 Å². The molecule has 130 valence electrons. The van der Waals surface area contributed by atoms with Crippen molar-refractivity contribution < 1.29 is 9.72 Å². The Morgan fingerprint density at radius 3 is 2.46 bits per heavy atom. The van der Waals surface area contributed by atoms with Crippen molar-refractivity contribution in [1.82, 2.24) is 4.90 Å². The van der Waals surface area contributed by atoms with Gasteiger partial charge in [0.1, 0.15) is 0 Å². The maximum Gasteiger partial charge on any atom is 0.269 e. The lowest BCUT2D eigenvalue weighted by molar-refractivity contribution is -0.384. The number of nitrogens with zero attached hydrogens (tertiary/aromatic N) is 2. The Morgan fingerprint density at radius 2 is 1.88 bits per heavy atom. The third kappa shape index (κ3) is 2.80. The highest BCUT2D eigenvalue weighted by molar-refractivity contribution is 5.89. The van der Waals surface area contributed by atoms with E-state index >= 15 is 0 Å². The second kappa shape index (κ2) is 5.87. The van der Waals surface area contributed by atoms with Gasteiger partial charge in [0.15, 0.2) is 0 Å². The summed E-state index contributed by atoms with van der Waals surface area (Å²) in [6.07, 6.45) is 3.71. The molecule has 24 heavy (non-hydrogen) atoms. The fourth-order valence-corrected chi connectivity index (χ4v) is 4.35. The summed E-state index contributed by atoms with van der Waals surface area (Å²) >= 11 is 0. The molecule has 2 atom stereocenters. The van der Waals surface area contributed by atoms with Crippen molar-refractivity contribution in [2.45, 2.75) is 51.9 Å². The van der Waals surface area contributed by atoms with Crippen LogP contribution >= 0.6 is 0 Å². The van der Waals surface area contributed by atoms with Crippen molar-refractivity contribution >= 4 is 11.6 Å². The molecule has 0 saturated carbocycles. The second-order valence-electron chi connectivity index (χ2n) is 8.34. The van der Waals surface area contributed by atoms with E-state index in [-0.39, 0.29) is 21.9 Å². The zero-order chi connectivity index (χ0) is 17.5. The SMILES string of the molecule is CC(C)(C)[C@H]1CCN2CCC[C@](c3ccc([N+](=O)[O-])cc3)(C1)C2=O. The Hall–Kier alpha value is -1.91. The normalized spacial score (nSPS) is 27.7. The number of amides is 1. The molecular weight excluding hydrogens is 304 g/mol. The number of hydrogen-bond donors (Lipinski definition) is 0. The van der Waals surface area contributed by atoms with Gasteiger partial charge in [0.2, 0.25) is 5.91 Å². The molecule has 1 amide bonds. The summed E-state index contributed by atoms with van der Waals surface area (Å²) in [5, 5.41) is 10.9. The summed E-state index contributed by atoms with van der Waals surface area (Å²) in [6.45, 7) is 8.41. The summed E-state index contributed by atoms with van der Waals surface area (Å²) in [7, 11) is 0. The Bertz CT molecular complexity index is 648. The zero-order valence-electron chi connectivity index (χ0n) is 14.7. The summed E-state index contributed by atoms with van der Waals surface area (Å²) in [6, 6.07) is 6.66. The van der Waals surface area contributed by atoms with Crippen LogP contribution in [0.2, 0.25) is 0 Å². The number of non-ortho nitro benzene ring substituents is 1. The minimum Gasteiger partial charge on any atom is -0.342 e. The van der Waals surface area contributed by atoms with Gasteiger partial charge in [-0.15, -0.1) is 0 Å². The van der Waals surface area contributed by atoms with Gasteiger partial charge in [0.25, 0.3) is 5.69 Å². The Balaban J connectivity index is 2.04. The van der Waals surface area contributed by atoms with Crippen LogP contribution in [0.5, 0.6) is 0 Å². The largest absolute Gasteiger partial charge is 0.342 e. The standard InChI is InChI=1S/C19H26N2O3/c1-18(2,3)15-9-12-20-11-4-10-19(13-15,17(20)22)14-5-7-16(8-6-14)21(23)24/h5-8,15H,4,9-13H2,1-3H3/t15-,19+/m0/s1. The minimum atomic E-state index is -0.512. The van der Waals surface area contributed by atoms with Gasteiger partial charge >= 0.3 is 0 Å². The summed E-state index contributed by atoms with van der Waals surface area (Å²) in [5.41, 5.74) is 0.657. The Labute approximate surface area is 143 Å². The maximum atomic E-state index is 13.2. The number of fused-ring (bicyclic) bond motifs is 2. The van der Waals surface area contributed by atoms with Crippen LogP contribution in [-0.4, -0.2) is 28.8 Å². The first kappa shape index (κ1) is 16.9. The molecule has 2 bridgehead atoms. The number of carbonyl (C=O) groups excluding carboxylic acids is 1. The highest BCUT2D eigenvalue weighted by atomic mass is 16.6. The van der Waals surface area contributed by atoms with Crippen molar-refractivity contribution in [2.24, 2.45) is 11.3 Å². The lowest BCUT2D eigenvalue weighted by Crippen LogP contribution is -2.50. The van der Waals surface area contributed by atoms with E-state index in [1.807, 2.05) is 4.90 Å². The molecule has 1 aromatic rings. The molecule has 0 aliphatic carbocycles. The molecule has 1 aromatic carbocycles. The van der Waals surface area contributed by atoms with Crippen LogP contribution < -0.4 is 0 Å². The molecule has 0 unspecified atom stereocenters.